The lowest BCUT2D eigenvalue weighted by Crippen LogP contribution is -2.20. The van der Waals surface area contributed by atoms with Crippen molar-refractivity contribution in [2.45, 2.75) is 27.2 Å². The molecule has 0 saturated heterocycles. The van der Waals surface area contributed by atoms with Gasteiger partial charge in [0.25, 0.3) is 5.19 Å². The Morgan fingerprint density at radius 3 is 2.56 bits per heavy atom. The maximum Gasteiger partial charge on any atom is 0.279 e. The van der Waals surface area contributed by atoms with Crippen LogP contribution in [0.25, 0.3) is 11.3 Å². The second-order valence-corrected chi connectivity index (χ2v) is 8.05. The number of aryl methyl sites for hydroxylation is 2. The predicted octanol–water partition coefficient (Wildman–Crippen LogP) is 6.37. The van der Waals surface area contributed by atoms with Crippen LogP contribution in [0.2, 0.25) is 5.02 Å². The summed E-state index contributed by atoms with van der Waals surface area (Å²) in [5.41, 5.74) is 5.71. The molecule has 0 saturated carbocycles. The highest BCUT2D eigenvalue weighted by Crippen LogP contribution is 2.33. The zero-order valence-electron chi connectivity index (χ0n) is 16.3. The molecular formula is C22H25ClN2OS. The van der Waals surface area contributed by atoms with E-state index < -0.39 is 0 Å². The SMILES string of the molecule is CCN(C)CCc1cc(C)c(Oc2nc(-c3ccc(Cl)cc3)cs2)cc1C. The summed E-state index contributed by atoms with van der Waals surface area (Å²) in [7, 11) is 2.15. The van der Waals surface area contributed by atoms with Gasteiger partial charge in [0, 0.05) is 22.5 Å². The van der Waals surface area contributed by atoms with Gasteiger partial charge in [-0.2, -0.15) is 0 Å². The molecule has 0 amide bonds. The first-order valence-electron chi connectivity index (χ1n) is 9.14. The summed E-state index contributed by atoms with van der Waals surface area (Å²) in [4.78, 5) is 6.94. The maximum atomic E-state index is 6.09. The van der Waals surface area contributed by atoms with Crippen molar-refractivity contribution in [2.75, 3.05) is 20.1 Å². The fraction of sp³-hybridized carbons (Fsp3) is 0.318. The molecule has 0 fully saturated rings. The number of hydrogen-bond donors (Lipinski definition) is 0. The van der Waals surface area contributed by atoms with Gasteiger partial charge in [0.1, 0.15) is 5.75 Å². The fourth-order valence-corrected chi connectivity index (χ4v) is 3.67. The van der Waals surface area contributed by atoms with E-state index >= 15 is 0 Å². The Labute approximate surface area is 170 Å². The number of nitrogens with zero attached hydrogens (tertiary/aromatic N) is 2. The van der Waals surface area contributed by atoms with E-state index in [0.717, 1.165) is 47.1 Å². The monoisotopic (exact) mass is 400 g/mol. The van der Waals surface area contributed by atoms with E-state index in [-0.39, 0.29) is 0 Å². The maximum absolute atomic E-state index is 6.09. The summed E-state index contributed by atoms with van der Waals surface area (Å²) in [5, 5.41) is 3.39. The van der Waals surface area contributed by atoms with Crippen LogP contribution in [0.3, 0.4) is 0 Å². The lowest BCUT2D eigenvalue weighted by molar-refractivity contribution is 0.357. The molecular weight excluding hydrogens is 376 g/mol. The fourth-order valence-electron chi connectivity index (χ4n) is 2.85. The van der Waals surface area contributed by atoms with Crippen molar-refractivity contribution in [1.82, 2.24) is 9.88 Å². The lowest BCUT2D eigenvalue weighted by Gasteiger charge is -2.16. The predicted molar refractivity (Wildman–Crippen MR) is 115 cm³/mol. The third-order valence-electron chi connectivity index (χ3n) is 4.76. The van der Waals surface area contributed by atoms with Crippen LogP contribution in [0.1, 0.15) is 23.6 Å². The van der Waals surface area contributed by atoms with Gasteiger partial charge in [-0.25, -0.2) is 4.98 Å². The molecule has 3 nitrogen and oxygen atoms in total. The Hall–Kier alpha value is -1.88. The molecule has 142 valence electrons. The first kappa shape index (κ1) is 19.9. The van der Waals surface area contributed by atoms with Crippen molar-refractivity contribution < 1.29 is 4.74 Å². The van der Waals surface area contributed by atoms with Crippen LogP contribution in [0.15, 0.2) is 41.8 Å². The van der Waals surface area contributed by atoms with Crippen molar-refractivity contribution in [2.24, 2.45) is 0 Å². The summed E-state index contributed by atoms with van der Waals surface area (Å²) in [6, 6.07) is 12.1. The summed E-state index contributed by atoms with van der Waals surface area (Å²) < 4.78 is 6.09. The van der Waals surface area contributed by atoms with Crippen molar-refractivity contribution in [3.8, 4) is 22.2 Å². The van der Waals surface area contributed by atoms with E-state index in [2.05, 4.69) is 49.8 Å². The van der Waals surface area contributed by atoms with Crippen LogP contribution < -0.4 is 4.74 Å². The molecule has 0 spiro atoms. The average molecular weight is 401 g/mol. The quantitative estimate of drug-likeness (QED) is 0.461. The van der Waals surface area contributed by atoms with Crippen molar-refractivity contribution in [3.05, 3.63) is 63.5 Å². The molecule has 1 aromatic heterocycles. The molecule has 2 aromatic carbocycles. The molecule has 3 rings (SSSR count). The van der Waals surface area contributed by atoms with Gasteiger partial charge in [-0.1, -0.05) is 48.1 Å². The molecule has 0 aliphatic carbocycles. The number of thiazole rings is 1. The average Bonchev–Trinajstić information content (AvgIpc) is 3.12. The number of aromatic nitrogens is 1. The van der Waals surface area contributed by atoms with Gasteiger partial charge in [-0.3, -0.25) is 0 Å². The number of benzene rings is 2. The minimum absolute atomic E-state index is 0.654. The molecule has 0 N–H and O–H groups in total. The van der Waals surface area contributed by atoms with Crippen molar-refractivity contribution in [1.29, 1.82) is 0 Å². The Kier molecular flexibility index (Phi) is 6.53. The third kappa shape index (κ3) is 5.10. The largest absolute Gasteiger partial charge is 0.431 e. The number of ether oxygens (including phenoxy) is 1. The second kappa shape index (κ2) is 8.87. The molecule has 27 heavy (non-hydrogen) atoms. The van der Waals surface area contributed by atoms with Gasteiger partial charge in [0.15, 0.2) is 0 Å². The molecule has 5 heteroatoms. The zero-order chi connectivity index (χ0) is 19.4. The molecule has 0 atom stereocenters. The van der Waals surface area contributed by atoms with E-state index in [4.69, 9.17) is 16.3 Å². The van der Waals surface area contributed by atoms with Crippen LogP contribution in [-0.4, -0.2) is 30.0 Å². The molecule has 0 bridgehead atoms. The van der Waals surface area contributed by atoms with E-state index in [0.29, 0.717) is 5.19 Å². The zero-order valence-corrected chi connectivity index (χ0v) is 17.8. The highest BCUT2D eigenvalue weighted by molar-refractivity contribution is 7.11. The summed E-state index contributed by atoms with van der Waals surface area (Å²) in [5.74, 6) is 0.872. The number of hydrogen-bond acceptors (Lipinski definition) is 4. The molecule has 0 aliphatic heterocycles. The van der Waals surface area contributed by atoms with Gasteiger partial charge in [0.2, 0.25) is 0 Å². The van der Waals surface area contributed by atoms with Gasteiger partial charge < -0.3 is 9.64 Å². The van der Waals surface area contributed by atoms with Gasteiger partial charge in [0.05, 0.1) is 5.69 Å². The standard InChI is InChI=1S/C22H25ClN2OS/c1-5-25(4)11-10-18-12-16(3)21(13-15(18)2)26-22-24-20(14-27-22)17-6-8-19(23)9-7-17/h6-9,12-14H,5,10-11H2,1-4H3. The first-order valence-corrected chi connectivity index (χ1v) is 10.4. The molecule has 0 unspecified atom stereocenters. The van der Waals surface area contributed by atoms with Crippen LogP contribution >= 0.6 is 22.9 Å². The number of likely N-dealkylation sites (N-methyl/N-ethyl adjacent to an activating group) is 1. The van der Waals surface area contributed by atoms with Crippen LogP contribution in [0, 0.1) is 13.8 Å². The Morgan fingerprint density at radius 1 is 1.11 bits per heavy atom. The number of halogens is 1. The Bertz CT molecular complexity index is 905. The van der Waals surface area contributed by atoms with Crippen molar-refractivity contribution >= 4 is 22.9 Å². The Balaban J connectivity index is 1.74. The molecule has 0 aliphatic rings. The van der Waals surface area contributed by atoms with E-state index in [1.165, 1.54) is 22.5 Å². The molecule has 3 aromatic rings. The smallest absolute Gasteiger partial charge is 0.279 e. The number of rotatable bonds is 7. The minimum Gasteiger partial charge on any atom is -0.431 e. The van der Waals surface area contributed by atoms with Gasteiger partial charge in [-0.05, 0) is 68.8 Å². The topological polar surface area (TPSA) is 25.4 Å². The highest BCUT2D eigenvalue weighted by atomic mass is 35.5. The third-order valence-corrected chi connectivity index (χ3v) is 5.73. The lowest BCUT2D eigenvalue weighted by atomic mass is 10.0. The first-order chi connectivity index (χ1) is 13.0. The Morgan fingerprint density at radius 2 is 1.85 bits per heavy atom. The summed E-state index contributed by atoms with van der Waals surface area (Å²) in [6.07, 6.45) is 1.05. The van der Waals surface area contributed by atoms with Crippen LogP contribution in [0.5, 0.6) is 10.9 Å². The summed E-state index contributed by atoms with van der Waals surface area (Å²) in [6.45, 7) is 8.55. The highest BCUT2D eigenvalue weighted by Gasteiger charge is 2.11. The van der Waals surface area contributed by atoms with Crippen LogP contribution in [-0.2, 0) is 6.42 Å². The van der Waals surface area contributed by atoms with Crippen LogP contribution in [0.4, 0.5) is 0 Å². The van der Waals surface area contributed by atoms with Gasteiger partial charge in [-0.15, -0.1) is 0 Å². The van der Waals surface area contributed by atoms with E-state index in [1.54, 1.807) is 0 Å². The second-order valence-electron chi connectivity index (χ2n) is 6.80. The molecule has 1 heterocycles. The molecule has 0 radical (unpaired) electrons. The van der Waals surface area contributed by atoms with E-state index in [1.807, 2.05) is 29.6 Å². The van der Waals surface area contributed by atoms with Crippen molar-refractivity contribution in [3.63, 3.8) is 0 Å². The van der Waals surface area contributed by atoms with Gasteiger partial charge >= 0.3 is 0 Å². The summed E-state index contributed by atoms with van der Waals surface area (Å²) >= 11 is 7.47. The normalized spacial score (nSPS) is 11.2. The van der Waals surface area contributed by atoms with E-state index in [9.17, 15) is 0 Å². The minimum atomic E-state index is 0.654.